The molecule has 0 unspecified atom stereocenters. The highest BCUT2D eigenvalue weighted by atomic mass is 16.2. The fraction of sp³-hybridized carbons (Fsp3) is 0.909. The topological polar surface area (TPSA) is 44.4 Å². The predicted octanol–water partition coefficient (Wildman–Crippen LogP) is 0.790. The molecule has 2 heterocycles. The Bertz CT molecular complexity index is 232. The number of hydrogen-bond acceptors (Lipinski definition) is 2. The Labute approximate surface area is 91.4 Å². The number of fused-ring (bicyclic) bond motifs is 1. The number of carbonyl (C=O) groups excluding carboxylic acids is 1. The molecule has 86 valence electrons. The Morgan fingerprint density at radius 3 is 3.20 bits per heavy atom. The van der Waals surface area contributed by atoms with Gasteiger partial charge in [0, 0.05) is 25.7 Å². The minimum absolute atomic E-state index is 0.132. The van der Waals surface area contributed by atoms with Crippen LogP contribution in [0.3, 0.4) is 0 Å². The molecule has 0 spiro atoms. The van der Waals surface area contributed by atoms with Gasteiger partial charge in [0.2, 0.25) is 0 Å². The van der Waals surface area contributed by atoms with Gasteiger partial charge in [0.1, 0.15) is 0 Å². The van der Waals surface area contributed by atoms with Crippen molar-refractivity contribution in [2.24, 2.45) is 5.92 Å². The summed E-state index contributed by atoms with van der Waals surface area (Å²) >= 11 is 0. The normalized spacial score (nSPS) is 30.1. The molecule has 0 aromatic rings. The molecule has 0 radical (unpaired) electrons. The maximum absolute atomic E-state index is 11.8. The van der Waals surface area contributed by atoms with Gasteiger partial charge < -0.3 is 15.5 Å². The molecule has 4 nitrogen and oxygen atoms in total. The summed E-state index contributed by atoms with van der Waals surface area (Å²) in [6, 6.07) is 0.573. The zero-order valence-electron chi connectivity index (χ0n) is 9.46. The van der Waals surface area contributed by atoms with Gasteiger partial charge in [-0.3, -0.25) is 0 Å². The first kappa shape index (κ1) is 10.7. The van der Waals surface area contributed by atoms with E-state index in [0.29, 0.717) is 6.04 Å². The second-order valence-electron chi connectivity index (χ2n) is 4.53. The first-order valence-electron chi connectivity index (χ1n) is 6.08. The molecular weight excluding hydrogens is 190 g/mol. The van der Waals surface area contributed by atoms with Crippen molar-refractivity contribution < 1.29 is 4.79 Å². The van der Waals surface area contributed by atoms with Gasteiger partial charge >= 0.3 is 6.03 Å². The van der Waals surface area contributed by atoms with Gasteiger partial charge in [0.25, 0.3) is 0 Å². The highest BCUT2D eigenvalue weighted by Crippen LogP contribution is 2.28. The van der Waals surface area contributed by atoms with Crippen LogP contribution in [0.1, 0.15) is 26.2 Å². The van der Waals surface area contributed by atoms with Crippen LogP contribution >= 0.6 is 0 Å². The van der Waals surface area contributed by atoms with Crippen LogP contribution in [-0.4, -0.2) is 43.2 Å². The maximum Gasteiger partial charge on any atom is 0.317 e. The van der Waals surface area contributed by atoms with Crippen LogP contribution in [-0.2, 0) is 0 Å². The molecule has 2 aliphatic heterocycles. The van der Waals surface area contributed by atoms with Crippen molar-refractivity contribution in [3.8, 4) is 0 Å². The third-order valence-corrected chi connectivity index (χ3v) is 3.52. The Kier molecular flexibility index (Phi) is 3.46. The number of likely N-dealkylation sites (tertiary alicyclic amines) is 1. The number of piperidine rings is 1. The van der Waals surface area contributed by atoms with Gasteiger partial charge in [-0.15, -0.1) is 0 Å². The lowest BCUT2D eigenvalue weighted by atomic mass is 9.93. The summed E-state index contributed by atoms with van der Waals surface area (Å²) in [7, 11) is 0. The fourth-order valence-electron chi connectivity index (χ4n) is 2.65. The zero-order chi connectivity index (χ0) is 10.7. The van der Waals surface area contributed by atoms with Crippen molar-refractivity contribution in [1.29, 1.82) is 0 Å². The van der Waals surface area contributed by atoms with Crippen LogP contribution in [0.2, 0.25) is 0 Å². The average molecular weight is 211 g/mol. The van der Waals surface area contributed by atoms with Gasteiger partial charge in [-0.1, -0.05) is 6.92 Å². The molecular formula is C11H21N3O. The molecule has 4 heteroatoms. The molecule has 0 saturated carbocycles. The van der Waals surface area contributed by atoms with Crippen LogP contribution in [0.4, 0.5) is 4.79 Å². The van der Waals surface area contributed by atoms with Crippen molar-refractivity contribution in [2.75, 3.05) is 26.2 Å². The standard InChI is InChI=1S/C11H21N3O/c1-2-5-13-11(15)14-7-4-9-3-6-12-8-10(9)14/h9-10,12H,2-8H2,1H3,(H,13,15)/t9-,10-/m1/s1. The number of nitrogens with one attached hydrogen (secondary N) is 2. The molecule has 15 heavy (non-hydrogen) atoms. The molecule has 0 bridgehead atoms. The van der Waals surface area contributed by atoms with Crippen molar-refractivity contribution in [3.63, 3.8) is 0 Å². The van der Waals surface area contributed by atoms with Crippen molar-refractivity contribution in [1.82, 2.24) is 15.5 Å². The van der Waals surface area contributed by atoms with Crippen molar-refractivity contribution in [3.05, 3.63) is 0 Å². The summed E-state index contributed by atoms with van der Waals surface area (Å²) in [4.78, 5) is 13.9. The van der Waals surface area contributed by atoms with Crippen molar-refractivity contribution in [2.45, 2.75) is 32.2 Å². The van der Waals surface area contributed by atoms with Gasteiger partial charge in [0.05, 0.1) is 0 Å². The van der Waals surface area contributed by atoms with Gasteiger partial charge in [-0.2, -0.15) is 0 Å². The summed E-state index contributed by atoms with van der Waals surface area (Å²) < 4.78 is 0. The van der Waals surface area contributed by atoms with Gasteiger partial charge in [0.15, 0.2) is 0 Å². The minimum Gasteiger partial charge on any atom is -0.338 e. The largest absolute Gasteiger partial charge is 0.338 e. The Hall–Kier alpha value is -0.770. The summed E-state index contributed by atoms with van der Waals surface area (Å²) in [6.45, 7) is 5.90. The van der Waals surface area contributed by atoms with Crippen LogP contribution in [0.15, 0.2) is 0 Å². The van der Waals surface area contributed by atoms with Gasteiger partial charge in [-0.05, 0) is 31.7 Å². The Morgan fingerprint density at radius 1 is 1.53 bits per heavy atom. The highest BCUT2D eigenvalue weighted by Gasteiger charge is 2.37. The lowest BCUT2D eigenvalue weighted by molar-refractivity contribution is 0.175. The third-order valence-electron chi connectivity index (χ3n) is 3.52. The van der Waals surface area contributed by atoms with Crippen LogP contribution in [0.5, 0.6) is 0 Å². The molecule has 2 fully saturated rings. The van der Waals surface area contributed by atoms with Crippen molar-refractivity contribution >= 4 is 6.03 Å². The lowest BCUT2D eigenvalue weighted by Gasteiger charge is -2.32. The summed E-state index contributed by atoms with van der Waals surface area (Å²) in [5.41, 5.74) is 0. The minimum atomic E-state index is 0.132. The molecule has 2 rings (SSSR count). The number of amides is 2. The second-order valence-corrected chi connectivity index (χ2v) is 4.53. The molecule has 2 saturated heterocycles. The van der Waals surface area contributed by atoms with Crippen LogP contribution < -0.4 is 10.6 Å². The van der Waals surface area contributed by atoms with E-state index in [1.807, 2.05) is 4.90 Å². The van der Waals surface area contributed by atoms with E-state index in [1.165, 1.54) is 12.8 Å². The zero-order valence-corrected chi connectivity index (χ0v) is 9.46. The number of hydrogen-bond donors (Lipinski definition) is 2. The van der Waals surface area contributed by atoms with E-state index >= 15 is 0 Å². The fourth-order valence-corrected chi connectivity index (χ4v) is 2.65. The monoisotopic (exact) mass is 211 g/mol. The van der Waals surface area contributed by atoms with E-state index in [1.54, 1.807) is 0 Å². The smallest absolute Gasteiger partial charge is 0.317 e. The molecule has 2 N–H and O–H groups in total. The lowest BCUT2D eigenvalue weighted by Crippen LogP contribution is -2.51. The summed E-state index contributed by atoms with van der Waals surface area (Å²) in [5, 5.41) is 6.34. The first-order valence-corrected chi connectivity index (χ1v) is 6.08. The Morgan fingerprint density at radius 2 is 2.40 bits per heavy atom. The van der Waals surface area contributed by atoms with Crippen LogP contribution in [0, 0.1) is 5.92 Å². The first-order chi connectivity index (χ1) is 7.33. The third kappa shape index (κ3) is 2.25. The van der Waals surface area contributed by atoms with Crippen LogP contribution in [0.25, 0.3) is 0 Å². The van der Waals surface area contributed by atoms with E-state index in [9.17, 15) is 4.79 Å². The number of rotatable bonds is 2. The molecule has 0 aromatic heterocycles. The Balaban J connectivity index is 1.89. The highest BCUT2D eigenvalue weighted by molar-refractivity contribution is 5.75. The molecule has 0 aromatic carbocycles. The molecule has 0 aliphatic carbocycles. The molecule has 2 amide bonds. The average Bonchev–Trinajstić information content (AvgIpc) is 2.69. The van der Waals surface area contributed by atoms with E-state index in [0.717, 1.165) is 38.5 Å². The number of carbonyl (C=O) groups is 1. The van der Waals surface area contributed by atoms with E-state index in [-0.39, 0.29) is 6.03 Å². The predicted molar refractivity (Wildman–Crippen MR) is 59.8 cm³/mol. The maximum atomic E-state index is 11.8. The molecule has 2 atom stereocenters. The van der Waals surface area contributed by atoms with E-state index < -0.39 is 0 Å². The summed E-state index contributed by atoms with van der Waals surface area (Å²) in [5.74, 6) is 0.735. The molecule has 2 aliphatic rings. The SMILES string of the molecule is CCCNC(=O)N1CC[C@H]2CCNC[C@H]21. The van der Waals surface area contributed by atoms with E-state index in [4.69, 9.17) is 0 Å². The second kappa shape index (κ2) is 4.84. The van der Waals surface area contributed by atoms with Gasteiger partial charge in [-0.25, -0.2) is 4.79 Å². The number of urea groups is 1. The van der Waals surface area contributed by atoms with E-state index in [2.05, 4.69) is 17.6 Å². The number of nitrogens with zero attached hydrogens (tertiary/aromatic N) is 1. The quantitative estimate of drug-likeness (QED) is 0.709. The summed E-state index contributed by atoms with van der Waals surface area (Å²) in [6.07, 6.45) is 3.42.